The third-order valence-corrected chi connectivity index (χ3v) is 4.97. The van der Waals surface area contributed by atoms with E-state index in [-0.39, 0.29) is 12.5 Å². The van der Waals surface area contributed by atoms with Crippen molar-refractivity contribution in [2.75, 3.05) is 35.6 Å². The summed E-state index contributed by atoms with van der Waals surface area (Å²) in [5, 5.41) is 2.75. The van der Waals surface area contributed by atoms with Crippen LogP contribution in [0, 0.1) is 6.92 Å². The number of rotatable bonds is 5. The molecule has 3 rings (SSSR count). The molecule has 0 aromatic heterocycles. The lowest BCUT2D eigenvalue weighted by atomic mass is 10.1. The van der Waals surface area contributed by atoms with E-state index in [0.29, 0.717) is 16.9 Å². The van der Waals surface area contributed by atoms with Crippen LogP contribution in [-0.2, 0) is 9.53 Å². The minimum absolute atomic E-state index is 0.331. The van der Waals surface area contributed by atoms with Gasteiger partial charge in [0.2, 0.25) is 0 Å². The number of ether oxygens (including phenoxy) is 1. The van der Waals surface area contributed by atoms with Gasteiger partial charge in [-0.2, -0.15) is 0 Å². The van der Waals surface area contributed by atoms with Crippen molar-refractivity contribution in [2.24, 2.45) is 0 Å². The van der Waals surface area contributed by atoms with E-state index in [0.717, 1.165) is 18.7 Å². The van der Waals surface area contributed by atoms with Gasteiger partial charge in [-0.3, -0.25) is 4.79 Å². The first-order valence-corrected chi connectivity index (χ1v) is 9.71. The first-order valence-electron chi connectivity index (χ1n) is 9.71. The standard InChI is InChI=1S/C22H27N3O3/c1-16-6-7-17(14-20(16)23)22(27)28-15-21(26)24-18-8-10-19(11-9-18)25-12-4-2-3-5-13-25/h6-11,14H,2-5,12-13,15,23H2,1H3,(H,24,26). The van der Waals surface area contributed by atoms with Crippen LogP contribution in [-0.4, -0.2) is 31.6 Å². The number of hydrogen-bond donors (Lipinski definition) is 2. The fraction of sp³-hybridized carbons (Fsp3) is 0.364. The normalized spacial score (nSPS) is 14.2. The van der Waals surface area contributed by atoms with E-state index < -0.39 is 5.97 Å². The van der Waals surface area contributed by atoms with Gasteiger partial charge in [-0.25, -0.2) is 4.79 Å². The molecule has 3 N–H and O–H groups in total. The SMILES string of the molecule is Cc1ccc(C(=O)OCC(=O)Nc2ccc(N3CCCCCC3)cc2)cc1N. The Labute approximate surface area is 165 Å². The highest BCUT2D eigenvalue weighted by atomic mass is 16.5. The molecule has 1 saturated heterocycles. The molecule has 0 bridgehead atoms. The topological polar surface area (TPSA) is 84.7 Å². The van der Waals surface area contributed by atoms with Gasteiger partial charge >= 0.3 is 5.97 Å². The van der Waals surface area contributed by atoms with Crippen molar-refractivity contribution in [3.63, 3.8) is 0 Å². The van der Waals surface area contributed by atoms with Gasteiger partial charge in [0.05, 0.1) is 5.56 Å². The second-order valence-corrected chi connectivity index (χ2v) is 7.14. The molecule has 1 aliphatic rings. The molecule has 0 saturated carbocycles. The van der Waals surface area contributed by atoms with Crippen molar-refractivity contribution in [1.29, 1.82) is 0 Å². The van der Waals surface area contributed by atoms with Gasteiger partial charge in [-0.05, 0) is 61.7 Å². The fourth-order valence-corrected chi connectivity index (χ4v) is 3.26. The number of hydrogen-bond acceptors (Lipinski definition) is 5. The monoisotopic (exact) mass is 381 g/mol. The van der Waals surface area contributed by atoms with E-state index in [2.05, 4.69) is 10.2 Å². The van der Waals surface area contributed by atoms with E-state index in [1.165, 1.54) is 31.4 Å². The molecule has 148 valence electrons. The molecule has 0 aliphatic carbocycles. The van der Waals surface area contributed by atoms with Crippen molar-refractivity contribution >= 4 is 28.9 Å². The number of carbonyl (C=O) groups is 2. The number of aryl methyl sites for hydroxylation is 1. The summed E-state index contributed by atoms with van der Waals surface area (Å²) in [5.41, 5.74) is 9.39. The van der Waals surface area contributed by atoms with E-state index in [4.69, 9.17) is 10.5 Å². The smallest absolute Gasteiger partial charge is 0.338 e. The number of nitrogens with one attached hydrogen (secondary N) is 1. The largest absolute Gasteiger partial charge is 0.452 e. The van der Waals surface area contributed by atoms with E-state index in [1.807, 2.05) is 31.2 Å². The molecule has 0 spiro atoms. The highest BCUT2D eigenvalue weighted by Crippen LogP contribution is 2.21. The summed E-state index contributed by atoms with van der Waals surface area (Å²) in [4.78, 5) is 26.5. The number of nitrogen functional groups attached to an aromatic ring is 1. The molecule has 2 aromatic carbocycles. The van der Waals surface area contributed by atoms with Crippen LogP contribution in [0.2, 0.25) is 0 Å². The summed E-state index contributed by atoms with van der Waals surface area (Å²) in [5.74, 6) is -0.950. The molecule has 0 unspecified atom stereocenters. The number of amides is 1. The van der Waals surface area contributed by atoms with Crippen molar-refractivity contribution in [3.8, 4) is 0 Å². The molecule has 2 aromatic rings. The highest BCUT2D eigenvalue weighted by Gasteiger charge is 2.13. The van der Waals surface area contributed by atoms with E-state index in [1.54, 1.807) is 18.2 Å². The maximum atomic E-state index is 12.1. The molecule has 6 heteroatoms. The Morgan fingerprint density at radius 2 is 1.71 bits per heavy atom. The summed E-state index contributed by atoms with van der Waals surface area (Å²) in [6, 6.07) is 12.7. The van der Waals surface area contributed by atoms with Crippen molar-refractivity contribution in [1.82, 2.24) is 0 Å². The van der Waals surface area contributed by atoms with Gasteiger partial charge < -0.3 is 20.7 Å². The van der Waals surface area contributed by atoms with Crippen molar-refractivity contribution in [2.45, 2.75) is 32.6 Å². The van der Waals surface area contributed by atoms with Gasteiger partial charge in [0.1, 0.15) is 0 Å². The lowest BCUT2D eigenvalue weighted by molar-refractivity contribution is -0.119. The predicted octanol–water partition coefficient (Wildman–Crippen LogP) is 3.75. The van der Waals surface area contributed by atoms with Gasteiger partial charge in [0.15, 0.2) is 6.61 Å². The zero-order chi connectivity index (χ0) is 19.9. The number of esters is 1. The van der Waals surface area contributed by atoms with Gasteiger partial charge in [0.25, 0.3) is 5.91 Å². The van der Waals surface area contributed by atoms with Crippen LogP contribution in [0.5, 0.6) is 0 Å². The maximum absolute atomic E-state index is 12.1. The fourth-order valence-electron chi connectivity index (χ4n) is 3.26. The summed E-state index contributed by atoms with van der Waals surface area (Å²) in [7, 11) is 0. The third kappa shape index (κ3) is 5.25. The Morgan fingerprint density at radius 1 is 1.04 bits per heavy atom. The van der Waals surface area contributed by atoms with E-state index >= 15 is 0 Å². The first kappa shape index (κ1) is 19.7. The second-order valence-electron chi connectivity index (χ2n) is 7.14. The molecule has 0 radical (unpaired) electrons. The molecule has 28 heavy (non-hydrogen) atoms. The van der Waals surface area contributed by atoms with Crippen molar-refractivity contribution < 1.29 is 14.3 Å². The number of carbonyl (C=O) groups excluding carboxylic acids is 2. The number of nitrogens with two attached hydrogens (primary N) is 1. The Balaban J connectivity index is 1.50. The van der Waals surface area contributed by atoms with Gasteiger partial charge in [-0.1, -0.05) is 18.9 Å². The van der Waals surface area contributed by atoms with Crippen LogP contribution in [0.25, 0.3) is 0 Å². The Bertz CT molecular complexity index is 825. The minimum Gasteiger partial charge on any atom is -0.452 e. The Kier molecular flexibility index (Phi) is 6.53. The molecule has 1 heterocycles. The zero-order valence-corrected chi connectivity index (χ0v) is 16.2. The van der Waals surface area contributed by atoms with Crippen LogP contribution >= 0.6 is 0 Å². The summed E-state index contributed by atoms with van der Waals surface area (Å²) >= 11 is 0. The molecule has 6 nitrogen and oxygen atoms in total. The zero-order valence-electron chi connectivity index (χ0n) is 16.2. The van der Waals surface area contributed by atoms with Crippen molar-refractivity contribution in [3.05, 3.63) is 53.6 Å². The Morgan fingerprint density at radius 3 is 2.36 bits per heavy atom. The molecule has 0 atom stereocenters. The lowest BCUT2D eigenvalue weighted by Crippen LogP contribution is -2.24. The third-order valence-electron chi connectivity index (χ3n) is 4.97. The van der Waals surface area contributed by atoms with Gasteiger partial charge in [-0.15, -0.1) is 0 Å². The van der Waals surface area contributed by atoms with Crippen LogP contribution in [0.4, 0.5) is 17.1 Å². The average Bonchev–Trinajstić information content (AvgIpc) is 2.98. The number of anilines is 3. The van der Waals surface area contributed by atoms with Gasteiger partial charge in [0, 0.05) is 30.2 Å². The van der Waals surface area contributed by atoms with Crippen LogP contribution in [0.3, 0.4) is 0 Å². The molecular weight excluding hydrogens is 354 g/mol. The van der Waals surface area contributed by atoms with Crippen LogP contribution < -0.4 is 16.0 Å². The van der Waals surface area contributed by atoms with Crippen LogP contribution in [0.1, 0.15) is 41.6 Å². The van der Waals surface area contributed by atoms with Crippen LogP contribution in [0.15, 0.2) is 42.5 Å². The maximum Gasteiger partial charge on any atom is 0.338 e. The number of nitrogens with zero attached hydrogens (tertiary/aromatic N) is 1. The molecular formula is C22H27N3O3. The quantitative estimate of drug-likeness (QED) is 0.609. The number of benzene rings is 2. The Hall–Kier alpha value is -3.02. The summed E-state index contributed by atoms with van der Waals surface area (Å²) in [6.07, 6.45) is 5.02. The predicted molar refractivity (Wildman–Crippen MR) is 112 cm³/mol. The first-order chi connectivity index (χ1) is 13.5. The molecule has 1 fully saturated rings. The summed E-state index contributed by atoms with van der Waals surface area (Å²) in [6.45, 7) is 3.66. The average molecular weight is 381 g/mol. The highest BCUT2D eigenvalue weighted by molar-refractivity contribution is 5.96. The minimum atomic E-state index is -0.571. The summed E-state index contributed by atoms with van der Waals surface area (Å²) < 4.78 is 5.07. The van der Waals surface area contributed by atoms with E-state index in [9.17, 15) is 9.59 Å². The molecule has 1 aliphatic heterocycles. The lowest BCUT2D eigenvalue weighted by Gasteiger charge is -2.22. The molecule has 1 amide bonds. The second kappa shape index (κ2) is 9.26.